The van der Waals surface area contributed by atoms with Crippen molar-refractivity contribution >= 4 is 32.0 Å². The summed E-state index contributed by atoms with van der Waals surface area (Å²) in [6.45, 7) is 2.59. The second-order valence-electron chi connectivity index (χ2n) is 2.85. The Morgan fingerprint density at radius 3 is 3.00 bits per heavy atom. The monoisotopic (exact) mass is 277 g/mol. The van der Waals surface area contributed by atoms with E-state index in [2.05, 4.69) is 25.0 Å². The van der Waals surface area contributed by atoms with Crippen molar-refractivity contribution in [2.24, 2.45) is 4.40 Å². The Kier molecular flexibility index (Phi) is 2.15. The molecule has 0 radical (unpaired) electrons. The Balaban J connectivity index is 2.50. The van der Waals surface area contributed by atoms with E-state index in [1.165, 1.54) is 0 Å². The molecule has 0 fully saturated rings. The number of likely N-dealkylation sites (N-methyl/N-ethyl adjacent to an activating group) is 1. The van der Waals surface area contributed by atoms with Crippen LogP contribution in [0.3, 0.4) is 0 Å². The maximum atomic E-state index is 11.2. The van der Waals surface area contributed by atoms with Crippen LogP contribution in [-0.4, -0.2) is 25.7 Å². The fraction of sp³-hybridized carbons (Fsp3) is 0.286. The molecule has 0 unspecified atom stereocenters. The molecule has 2 aliphatic rings. The van der Waals surface area contributed by atoms with Crippen LogP contribution in [0.25, 0.3) is 0 Å². The van der Waals surface area contributed by atoms with E-state index >= 15 is 0 Å². The Morgan fingerprint density at radius 1 is 1.64 bits per heavy atom. The third-order valence-electron chi connectivity index (χ3n) is 1.86. The first-order valence-corrected chi connectivity index (χ1v) is 6.24. The summed E-state index contributed by atoms with van der Waals surface area (Å²) in [7, 11) is -3.52. The van der Waals surface area contributed by atoms with Crippen LogP contribution in [0.1, 0.15) is 6.92 Å². The number of fused-ring (bicyclic) bond motifs is 1. The Hall–Kier alpha value is -0.820. The minimum Gasteiger partial charge on any atom is -0.330 e. The van der Waals surface area contributed by atoms with Crippen molar-refractivity contribution in [2.75, 3.05) is 6.54 Å². The maximum absolute atomic E-state index is 11.2. The first-order valence-electron chi connectivity index (χ1n) is 4.00. The summed E-state index contributed by atoms with van der Waals surface area (Å²) >= 11 is 3.30. The highest BCUT2D eigenvalue weighted by molar-refractivity contribution is 9.11. The molecule has 0 aromatic heterocycles. The van der Waals surface area contributed by atoms with E-state index < -0.39 is 10.2 Å². The highest BCUT2D eigenvalue weighted by atomic mass is 79.9. The van der Waals surface area contributed by atoms with Gasteiger partial charge in [0.2, 0.25) is 0 Å². The highest BCUT2D eigenvalue weighted by Gasteiger charge is 2.29. The molecule has 7 heteroatoms. The lowest BCUT2D eigenvalue weighted by Crippen LogP contribution is -2.30. The number of amidine groups is 1. The average Bonchev–Trinajstić information content (AvgIpc) is 2.37. The summed E-state index contributed by atoms with van der Waals surface area (Å²) in [5.41, 5.74) is 0.515. The quantitative estimate of drug-likeness (QED) is 0.767. The SMILES string of the molecule is CCN1C=C(Br)C=C2NS(=O)(=O)N=C21. The summed E-state index contributed by atoms with van der Waals surface area (Å²) in [5.74, 6) is 0.454. The van der Waals surface area contributed by atoms with Gasteiger partial charge in [-0.25, -0.2) is 0 Å². The van der Waals surface area contributed by atoms with Gasteiger partial charge in [0.05, 0.1) is 5.70 Å². The van der Waals surface area contributed by atoms with Gasteiger partial charge in [-0.3, -0.25) is 4.72 Å². The maximum Gasteiger partial charge on any atom is 0.344 e. The lowest BCUT2D eigenvalue weighted by molar-refractivity contribution is 0.586. The van der Waals surface area contributed by atoms with Crippen LogP contribution in [0.4, 0.5) is 0 Å². The molecule has 0 saturated heterocycles. The standard InChI is InChI=1S/C7H8BrN3O2S/c1-2-11-4-5(8)3-6-7(11)10-14(12,13)9-6/h3-4,9H,2H2,1H3. The van der Waals surface area contributed by atoms with Gasteiger partial charge in [-0.1, -0.05) is 0 Å². The third-order valence-corrected chi connectivity index (χ3v) is 3.19. The van der Waals surface area contributed by atoms with E-state index in [4.69, 9.17) is 0 Å². The zero-order valence-electron chi connectivity index (χ0n) is 7.36. The molecule has 2 heterocycles. The van der Waals surface area contributed by atoms with Crippen LogP contribution in [0.15, 0.2) is 26.9 Å². The van der Waals surface area contributed by atoms with Crippen LogP contribution in [0, 0.1) is 0 Å². The van der Waals surface area contributed by atoms with Crippen LogP contribution in [-0.2, 0) is 10.2 Å². The number of rotatable bonds is 1. The van der Waals surface area contributed by atoms with Crippen molar-refractivity contribution in [3.63, 3.8) is 0 Å². The summed E-state index contributed by atoms with van der Waals surface area (Å²) in [6.07, 6.45) is 3.49. The molecule has 14 heavy (non-hydrogen) atoms. The van der Waals surface area contributed by atoms with E-state index in [0.717, 1.165) is 4.48 Å². The van der Waals surface area contributed by atoms with Crippen molar-refractivity contribution < 1.29 is 8.42 Å². The number of hydrogen-bond acceptors (Lipinski definition) is 3. The molecular weight excluding hydrogens is 270 g/mol. The average molecular weight is 278 g/mol. The molecule has 0 aromatic carbocycles. The van der Waals surface area contributed by atoms with Gasteiger partial charge in [-0.2, -0.15) is 8.42 Å². The van der Waals surface area contributed by atoms with E-state index in [9.17, 15) is 8.42 Å². The molecule has 0 spiro atoms. The minimum absolute atomic E-state index is 0.454. The van der Waals surface area contributed by atoms with Gasteiger partial charge in [0.15, 0.2) is 5.84 Å². The number of hydrogen-bond donors (Lipinski definition) is 1. The van der Waals surface area contributed by atoms with Gasteiger partial charge in [-0.15, -0.1) is 4.40 Å². The number of halogens is 1. The Bertz CT molecular complexity index is 463. The van der Waals surface area contributed by atoms with Crippen LogP contribution in [0.2, 0.25) is 0 Å². The van der Waals surface area contributed by atoms with Crippen molar-refractivity contribution in [2.45, 2.75) is 6.92 Å². The molecular formula is C7H8BrN3O2S. The molecule has 2 aliphatic heterocycles. The van der Waals surface area contributed by atoms with Crippen LogP contribution in [0.5, 0.6) is 0 Å². The molecule has 0 saturated carbocycles. The Morgan fingerprint density at radius 2 is 2.36 bits per heavy atom. The molecule has 0 aliphatic carbocycles. The van der Waals surface area contributed by atoms with Gasteiger partial charge >= 0.3 is 10.2 Å². The van der Waals surface area contributed by atoms with Gasteiger partial charge < -0.3 is 4.90 Å². The number of nitrogens with zero attached hydrogens (tertiary/aromatic N) is 2. The second kappa shape index (κ2) is 3.09. The zero-order valence-corrected chi connectivity index (χ0v) is 9.76. The molecule has 0 amide bonds. The van der Waals surface area contributed by atoms with E-state index in [0.29, 0.717) is 18.1 Å². The predicted molar refractivity (Wildman–Crippen MR) is 57.0 cm³/mol. The summed E-state index contributed by atoms with van der Waals surface area (Å²) in [6, 6.07) is 0. The fourth-order valence-corrected chi connectivity index (χ4v) is 2.68. The van der Waals surface area contributed by atoms with Crippen molar-refractivity contribution in [1.82, 2.24) is 9.62 Å². The zero-order chi connectivity index (χ0) is 10.3. The van der Waals surface area contributed by atoms with Gasteiger partial charge in [-0.05, 0) is 28.9 Å². The second-order valence-corrected chi connectivity index (χ2v) is 5.10. The van der Waals surface area contributed by atoms with E-state index in [-0.39, 0.29) is 0 Å². The summed E-state index contributed by atoms with van der Waals surface area (Å²) < 4.78 is 29.1. The third kappa shape index (κ3) is 1.57. The van der Waals surface area contributed by atoms with Crippen LogP contribution >= 0.6 is 15.9 Å². The van der Waals surface area contributed by atoms with Crippen molar-refractivity contribution in [3.05, 3.63) is 22.5 Å². The molecule has 76 valence electrons. The Labute approximate surface area is 90.5 Å². The molecule has 2 rings (SSSR count). The molecule has 0 atom stereocenters. The lowest BCUT2D eigenvalue weighted by Gasteiger charge is -2.21. The molecule has 0 bridgehead atoms. The molecule has 0 aromatic rings. The van der Waals surface area contributed by atoms with E-state index in [1.54, 1.807) is 17.2 Å². The normalized spacial score (nSPS) is 23.3. The first-order chi connectivity index (χ1) is 6.52. The van der Waals surface area contributed by atoms with Gasteiger partial charge in [0, 0.05) is 17.2 Å². The number of allylic oxidation sites excluding steroid dienone is 2. The van der Waals surface area contributed by atoms with Gasteiger partial charge in [0.25, 0.3) is 0 Å². The van der Waals surface area contributed by atoms with E-state index in [1.807, 2.05) is 6.92 Å². The van der Waals surface area contributed by atoms with Crippen molar-refractivity contribution in [1.29, 1.82) is 0 Å². The molecule has 1 N–H and O–H groups in total. The lowest BCUT2D eigenvalue weighted by atomic mass is 10.3. The highest BCUT2D eigenvalue weighted by Crippen LogP contribution is 2.23. The first kappa shape index (κ1) is 9.72. The predicted octanol–water partition coefficient (Wildman–Crippen LogP) is 0.689. The fourth-order valence-electron chi connectivity index (χ4n) is 1.30. The largest absolute Gasteiger partial charge is 0.344 e. The molecule has 5 nitrogen and oxygen atoms in total. The summed E-state index contributed by atoms with van der Waals surface area (Å²) in [5, 5.41) is 0. The van der Waals surface area contributed by atoms with Gasteiger partial charge in [0.1, 0.15) is 0 Å². The smallest absolute Gasteiger partial charge is 0.330 e. The number of nitrogens with one attached hydrogen (secondary N) is 1. The minimum atomic E-state index is -3.52. The summed E-state index contributed by atoms with van der Waals surface area (Å²) in [4.78, 5) is 1.76. The van der Waals surface area contributed by atoms with Crippen LogP contribution < -0.4 is 4.72 Å². The van der Waals surface area contributed by atoms with Crippen molar-refractivity contribution in [3.8, 4) is 0 Å². The topological polar surface area (TPSA) is 61.8 Å².